The molecule has 0 N–H and O–H groups in total. The number of halogens is 4. The molecule has 2 rings (SSSR count). The third-order valence-corrected chi connectivity index (χ3v) is 2.61. The zero-order valence-corrected chi connectivity index (χ0v) is 10.5. The molecule has 0 aliphatic heterocycles. The van der Waals surface area contributed by atoms with Crippen LogP contribution in [-0.2, 0) is 0 Å². The van der Waals surface area contributed by atoms with Crippen molar-refractivity contribution >= 4 is 0 Å². The van der Waals surface area contributed by atoms with Crippen LogP contribution in [0.5, 0.6) is 5.75 Å². The van der Waals surface area contributed by atoms with Crippen molar-refractivity contribution in [2.24, 2.45) is 0 Å². The molecule has 2 nitrogen and oxygen atoms in total. The first-order valence-electron chi connectivity index (χ1n) is 5.80. The maximum atomic E-state index is 13.0. The van der Waals surface area contributed by atoms with E-state index in [0.717, 1.165) is 0 Å². The molecule has 0 bridgehead atoms. The number of hydrogen-bond acceptors (Lipinski definition) is 2. The van der Waals surface area contributed by atoms with Crippen LogP contribution in [0.4, 0.5) is 17.6 Å². The summed E-state index contributed by atoms with van der Waals surface area (Å²) in [6.07, 6.45) is -8.57. The van der Waals surface area contributed by atoms with Crippen LogP contribution in [0.1, 0.15) is 5.56 Å². The van der Waals surface area contributed by atoms with E-state index in [2.05, 4.69) is 10.8 Å². The zero-order valence-electron chi connectivity index (χ0n) is 10.5. The minimum atomic E-state index is -4.61. The monoisotopic (exact) mass is 294 g/mol. The molecule has 21 heavy (non-hydrogen) atoms. The van der Waals surface area contributed by atoms with E-state index >= 15 is 0 Å². The van der Waals surface area contributed by atoms with Gasteiger partial charge in [-0.3, -0.25) is 0 Å². The zero-order chi connectivity index (χ0) is 15.5. The van der Waals surface area contributed by atoms with E-state index in [-0.39, 0.29) is 5.56 Å². The van der Waals surface area contributed by atoms with Gasteiger partial charge in [0.2, 0.25) is 0 Å². The lowest BCUT2D eigenvalue weighted by Crippen LogP contribution is -2.33. The molecule has 0 aromatic heterocycles. The molecule has 0 saturated heterocycles. The van der Waals surface area contributed by atoms with E-state index in [1.165, 1.54) is 30.3 Å². The fourth-order valence-electron chi connectivity index (χ4n) is 1.67. The van der Waals surface area contributed by atoms with Crippen LogP contribution in [0.15, 0.2) is 42.5 Å². The third kappa shape index (κ3) is 3.31. The van der Waals surface area contributed by atoms with Gasteiger partial charge in [0.1, 0.15) is 5.75 Å². The van der Waals surface area contributed by atoms with Gasteiger partial charge in [-0.15, -0.1) is 0 Å². The van der Waals surface area contributed by atoms with Gasteiger partial charge < -0.3 is 4.74 Å². The molecule has 0 amide bonds. The first kappa shape index (κ1) is 14.9. The van der Waals surface area contributed by atoms with Gasteiger partial charge in [0.15, 0.2) is 0 Å². The highest BCUT2D eigenvalue weighted by Crippen LogP contribution is 2.35. The quantitative estimate of drug-likeness (QED) is 0.789. The van der Waals surface area contributed by atoms with Gasteiger partial charge in [-0.25, -0.2) is 0 Å². The third-order valence-electron chi connectivity index (χ3n) is 2.61. The normalized spacial score (nSPS) is 11.2. The summed E-state index contributed by atoms with van der Waals surface area (Å²) in [6.45, 7) is 0. The molecule has 2 aromatic carbocycles. The number of benzene rings is 2. The van der Waals surface area contributed by atoms with Crippen LogP contribution in [0, 0.1) is 17.4 Å². The van der Waals surface area contributed by atoms with Crippen LogP contribution < -0.4 is 4.74 Å². The lowest BCUT2D eigenvalue weighted by Gasteiger charge is -2.18. The molecule has 107 valence electrons. The molecule has 0 spiro atoms. The topological polar surface area (TPSA) is 33.0 Å². The number of alkyl halides is 4. The summed E-state index contributed by atoms with van der Waals surface area (Å²) in [5, 5.41) is 8.83. The first-order valence-corrected chi connectivity index (χ1v) is 5.80. The average Bonchev–Trinajstić information content (AvgIpc) is 2.47. The molecule has 1 radical (unpaired) electrons. The van der Waals surface area contributed by atoms with Crippen LogP contribution >= 0.6 is 0 Å². The van der Waals surface area contributed by atoms with E-state index < -0.39 is 18.3 Å². The van der Waals surface area contributed by atoms with Gasteiger partial charge in [0, 0.05) is 11.6 Å². The molecular formula is C15H8F4NO. The minimum absolute atomic E-state index is 0.148. The lowest BCUT2D eigenvalue weighted by molar-refractivity contribution is -0.253. The largest absolute Gasteiger partial charge is 0.461 e. The Morgan fingerprint density at radius 3 is 2.62 bits per heavy atom. The summed E-state index contributed by atoms with van der Waals surface area (Å²) >= 11 is 0. The number of nitriles is 1. The predicted molar refractivity (Wildman–Crippen MR) is 67.0 cm³/mol. The highest BCUT2D eigenvalue weighted by Gasteiger charge is 2.44. The standard InChI is InChI=1S/C15H8F4NO/c16-14(17)15(18,19)21-13-7-2-1-6-12(13)11-5-3-4-10(8-11)9-20/h1-6,8,14H. The Morgan fingerprint density at radius 2 is 1.95 bits per heavy atom. The Labute approximate surface area is 118 Å². The molecule has 0 fully saturated rings. The molecule has 0 heterocycles. The van der Waals surface area contributed by atoms with Crippen molar-refractivity contribution in [2.45, 2.75) is 12.5 Å². The second kappa shape index (κ2) is 5.83. The fourth-order valence-corrected chi connectivity index (χ4v) is 1.67. The second-order valence-corrected chi connectivity index (χ2v) is 4.07. The van der Waals surface area contributed by atoms with Gasteiger partial charge in [0.05, 0.1) is 11.6 Å². The van der Waals surface area contributed by atoms with Crippen molar-refractivity contribution < 1.29 is 22.3 Å². The molecule has 6 heteroatoms. The average molecular weight is 294 g/mol. The number of para-hydroxylation sites is 1. The molecule has 0 saturated carbocycles. The van der Waals surface area contributed by atoms with E-state index in [1.54, 1.807) is 12.1 Å². The molecule has 0 aliphatic carbocycles. The predicted octanol–water partition coefficient (Wildman–Crippen LogP) is 4.26. The van der Waals surface area contributed by atoms with E-state index in [1.807, 2.05) is 6.07 Å². The van der Waals surface area contributed by atoms with Crippen LogP contribution in [0.3, 0.4) is 0 Å². The number of hydrogen-bond donors (Lipinski definition) is 0. The van der Waals surface area contributed by atoms with E-state index in [4.69, 9.17) is 5.26 Å². The van der Waals surface area contributed by atoms with Crippen molar-refractivity contribution in [1.82, 2.24) is 0 Å². The lowest BCUT2D eigenvalue weighted by atomic mass is 10.0. The smallest absolute Gasteiger partial charge is 0.427 e. The van der Waals surface area contributed by atoms with Crippen molar-refractivity contribution in [2.75, 3.05) is 0 Å². The van der Waals surface area contributed by atoms with Crippen molar-refractivity contribution in [3.05, 3.63) is 54.1 Å². The summed E-state index contributed by atoms with van der Waals surface area (Å²) in [6, 6.07) is 14.5. The molecule has 0 aliphatic rings. The van der Waals surface area contributed by atoms with Gasteiger partial charge in [-0.2, -0.15) is 22.8 Å². The van der Waals surface area contributed by atoms with Crippen LogP contribution in [0.2, 0.25) is 0 Å². The van der Waals surface area contributed by atoms with E-state index in [9.17, 15) is 17.6 Å². The van der Waals surface area contributed by atoms with Crippen LogP contribution in [-0.4, -0.2) is 12.5 Å². The number of nitrogens with zero attached hydrogens (tertiary/aromatic N) is 1. The Morgan fingerprint density at radius 1 is 1.19 bits per heavy atom. The SMILES string of the molecule is N#Cc1cccc(-c2ccc[c]c2OC(F)(F)C(F)F)c1. The first-order chi connectivity index (χ1) is 9.94. The van der Waals surface area contributed by atoms with Gasteiger partial charge in [0.25, 0.3) is 0 Å². The van der Waals surface area contributed by atoms with Crippen molar-refractivity contribution in [3.63, 3.8) is 0 Å². The maximum Gasteiger partial charge on any atom is 0.461 e. The maximum absolute atomic E-state index is 13.0. The fraction of sp³-hybridized carbons (Fsp3) is 0.133. The summed E-state index contributed by atoms with van der Waals surface area (Å²) in [5.41, 5.74) is 0.851. The van der Waals surface area contributed by atoms with E-state index in [0.29, 0.717) is 11.1 Å². The Hall–Kier alpha value is -2.55. The molecule has 0 atom stereocenters. The van der Waals surface area contributed by atoms with Gasteiger partial charge >= 0.3 is 12.5 Å². The van der Waals surface area contributed by atoms with Crippen molar-refractivity contribution in [1.29, 1.82) is 5.26 Å². The second-order valence-electron chi connectivity index (χ2n) is 4.07. The summed E-state index contributed by atoms with van der Waals surface area (Å²) < 4.78 is 54.6. The van der Waals surface area contributed by atoms with Gasteiger partial charge in [-0.1, -0.05) is 30.3 Å². The highest BCUT2D eigenvalue weighted by molar-refractivity contribution is 5.71. The molecule has 2 aromatic rings. The Bertz CT molecular complexity index is 679. The molecular weight excluding hydrogens is 286 g/mol. The minimum Gasteiger partial charge on any atom is -0.427 e. The van der Waals surface area contributed by atoms with Gasteiger partial charge in [-0.05, 0) is 17.7 Å². The molecule has 0 unspecified atom stereocenters. The Kier molecular flexibility index (Phi) is 4.13. The van der Waals surface area contributed by atoms with Crippen molar-refractivity contribution in [3.8, 4) is 22.9 Å². The summed E-state index contributed by atoms with van der Waals surface area (Å²) in [5.74, 6) is -0.502. The summed E-state index contributed by atoms with van der Waals surface area (Å²) in [4.78, 5) is 0. The number of rotatable bonds is 4. The highest BCUT2D eigenvalue weighted by atomic mass is 19.3. The van der Waals surface area contributed by atoms with Crippen LogP contribution in [0.25, 0.3) is 11.1 Å². The summed E-state index contributed by atoms with van der Waals surface area (Å²) in [7, 11) is 0. The number of ether oxygens (including phenoxy) is 1. The Balaban J connectivity index is 2.44.